The SMILES string of the molecule is C\C=C(/N=C(CCC)\C(=C/C(Cl)=C\C)OC(F)(F)F)C(C)C(=O)Nc1cc(C(C)CC)[nH]n1. The van der Waals surface area contributed by atoms with E-state index in [2.05, 4.69) is 25.2 Å². The third-order valence-electron chi connectivity index (χ3n) is 4.93. The molecule has 184 valence electrons. The number of hydrogen-bond acceptors (Lipinski definition) is 4. The number of nitrogens with zero attached hydrogens (tertiary/aromatic N) is 2. The molecular weight excluding hydrogens is 457 g/mol. The van der Waals surface area contributed by atoms with Crippen LogP contribution in [0, 0.1) is 5.92 Å². The number of alkyl halides is 3. The van der Waals surface area contributed by atoms with Gasteiger partial charge in [0.15, 0.2) is 11.6 Å². The van der Waals surface area contributed by atoms with Crippen molar-refractivity contribution >= 4 is 29.0 Å². The fourth-order valence-corrected chi connectivity index (χ4v) is 2.88. The van der Waals surface area contributed by atoms with Crippen LogP contribution in [0.2, 0.25) is 0 Å². The number of H-pyrrole nitrogens is 1. The summed E-state index contributed by atoms with van der Waals surface area (Å²) in [6.07, 6.45) is 0.787. The molecule has 10 heteroatoms. The Balaban J connectivity index is 3.22. The lowest BCUT2D eigenvalue weighted by Crippen LogP contribution is -2.23. The number of halogens is 4. The van der Waals surface area contributed by atoms with Crippen molar-refractivity contribution in [3.05, 3.63) is 46.5 Å². The van der Waals surface area contributed by atoms with Gasteiger partial charge in [0.05, 0.1) is 11.6 Å². The molecule has 0 radical (unpaired) electrons. The number of hydrogen-bond donors (Lipinski definition) is 2. The Hall–Kier alpha value is -2.55. The number of carbonyl (C=O) groups is 1. The number of allylic oxidation sites excluding steroid dienone is 5. The van der Waals surface area contributed by atoms with Gasteiger partial charge in [0.1, 0.15) is 0 Å². The van der Waals surface area contributed by atoms with E-state index >= 15 is 0 Å². The Morgan fingerprint density at radius 1 is 1.30 bits per heavy atom. The number of ether oxygens (including phenoxy) is 1. The zero-order valence-electron chi connectivity index (χ0n) is 19.8. The Kier molecular flexibility index (Phi) is 11.4. The molecule has 2 unspecified atom stereocenters. The van der Waals surface area contributed by atoms with Crippen molar-refractivity contribution in [3.8, 4) is 0 Å². The van der Waals surface area contributed by atoms with Gasteiger partial charge < -0.3 is 10.1 Å². The van der Waals surface area contributed by atoms with Crippen molar-refractivity contribution in [1.29, 1.82) is 0 Å². The van der Waals surface area contributed by atoms with Crippen LogP contribution in [0.5, 0.6) is 0 Å². The lowest BCUT2D eigenvalue weighted by atomic mass is 10.1. The molecule has 0 fully saturated rings. The predicted octanol–water partition coefficient (Wildman–Crippen LogP) is 7.21. The summed E-state index contributed by atoms with van der Waals surface area (Å²) in [5.74, 6) is -1.02. The second-order valence-corrected chi connectivity index (χ2v) is 7.92. The number of rotatable bonds is 11. The molecule has 0 aromatic carbocycles. The first-order valence-corrected chi connectivity index (χ1v) is 11.2. The first kappa shape index (κ1) is 28.5. The highest BCUT2D eigenvalue weighted by Crippen LogP contribution is 2.26. The zero-order chi connectivity index (χ0) is 25.2. The maximum Gasteiger partial charge on any atom is 0.573 e. The Morgan fingerprint density at radius 3 is 2.48 bits per heavy atom. The fourth-order valence-electron chi connectivity index (χ4n) is 2.78. The Labute approximate surface area is 198 Å². The highest BCUT2D eigenvalue weighted by atomic mass is 35.5. The van der Waals surface area contributed by atoms with Crippen molar-refractivity contribution in [3.63, 3.8) is 0 Å². The highest BCUT2D eigenvalue weighted by Gasteiger charge is 2.34. The zero-order valence-corrected chi connectivity index (χ0v) is 20.6. The van der Waals surface area contributed by atoms with Crippen LogP contribution in [0.3, 0.4) is 0 Å². The van der Waals surface area contributed by atoms with Gasteiger partial charge in [-0.2, -0.15) is 5.10 Å². The molecule has 1 aromatic rings. The topological polar surface area (TPSA) is 79.4 Å². The minimum atomic E-state index is -4.92. The molecule has 0 saturated heterocycles. The molecule has 1 amide bonds. The predicted molar refractivity (Wildman–Crippen MR) is 126 cm³/mol. The molecule has 33 heavy (non-hydrogen) atoms. The summed E-state index contributed by atoms with van der Waals surface area (Å²) >= 11 is 5.94. The monoisotopic (exact) mass is 488 g/mol. The Morgan fingerprint density at radius 2 is 1.97 bits per heavy atom. The molecule has 0 aliphatic carbocycles. The summed E-state index contributed by atoms with van der Waals surface area (Å²) in [6, 6.07) is 1.76. The molecule has 2 N–H and O–H groups in total. The maximum atomic E-state index is 13.0. The molecule has 0 saturated carbocycles. The molecule has 1 aromatic heterocycles. The van der Waals surface area contributed by atoms with Gasteiger partial charge in [0, 0.05) is 28.6 Å². The van der Waals surface area contributed by atoms with E-state index in [1.807, 2.05) is 13.8 Å². The number of carbonyl (C=O) groups excluding carboxylic acids is 1. The molecular formula is C23H32ClF3N4O2. The van der Waals surface area contributed by atoms with Crippen LogP contribution in [0.15, 0.2) is 45.8 Å². The number of aliphatic imine (C=N–C) groups is 1. The van der Waals surface area contributed by atoms with Crippen LogP contribution in [0.25, 0.3) is 0 Å². The van der Waals surface area contributed by atoms with E-state index in [1.165, 1.54) is 6.08 Å². The second-order valence-electron chi connectivity index (χ2n) is 7.48. The largest absolute Gasteiger partial charge is 0.573 e. The summed E-state index contributed by atoms with van der Waals surface area (Å²) in [7, 11) is 0. The summed E-state index contributed by atoms with van der Waals surface area (Å²) in [6.45, 7) is 10.8. The molecule has 0 aliphatic heterocycles. The first-order chi connectivity index (χ1) is 15.4. The highest BCUT2D eigenvalue weighted by molar-refractivity contribution is 6.31. The molecule has 1 rings (SSSR count). The van der Waals surface area contributed by atoms with Crippen LogP contribution in [0.4, 0.5) is 19.0 Å². The number of aromatic nitrogens is 2. The number of nitrogens with one attached hydrogen (secondary N) is 2. The van der Waals surface area contributed by atoms with Crippen LogP contribution in [-0.2, 0) is 9.53 Å². The fraction of sp³-hybridized carbons (Fsp3) is 0.522. The number of aromatic amines is 1. The minimum absolute atomic E-state index is 0.0430. The van der Waals surface area contributed by atoms with Gasteiger partial charge in [-0.3, -0.25) is 14.9 Å². The lowest BCUT2D eigenvalue weighted by molar-refractivity contribution is -0.302. The van der Waals surface area contributed by atoms with Crippen molar-refractivity contribution in [2.45, 2.75) is 73.1 Å². The smallest absolute Gasteiger partial charge is 0.404 e. The first-order valence-electron chi connectivity index (χ1n) is 10.8. The van der Waals surface area contributed by atoms with Gasteiger partial charge in [-0.15, -0.1) is 13.2 Å². The average Bonchev–Trinajstić information content (AvgIpc) is 3.22. The van der Waals surface area contributed by atoms with Gasteiger partial charge in [-0.25, -0.2) is 0 Å². The van der Waals surface area contributed by atoms with Gasteiger partial charge in [-0.05, 0) is 39.5 Å². The molecule has 1 heterocycles. The van der Waals surface area contributed by atoms with Crippen molar-refractivity contribution < 1.29 is 22.7 Å². The van der Waals surface area contributed by atoms with Crippen LogP contribution < -0.4 is 5.32 Å². The van der Waals surface area contributed by atoms with E-state index in [1.54, 1.807) is 39.8 Å². The van der Waals surface area contributed by atoms with Crippen molar-refractivity contribution in [2.75, 3.05) is 5.32 Å². The quantitative estimate of drug-likeness (QED) is 0.196. The Bertz CT molecular complexity index is 917. The lowest BCUT2D eigenvalue weighted by Gasteiger charge is -2.17. The van der Waals surface area contributed by atoms with Crippen molar-refractivity contribution in [1.82, 2.24) is 10.2 Å². The maximum absolute atomic E-state index is 13.0. The van der Waals surface area contributed by atoms with E-state index in [4.69, 9.17) is 11.6 Å². The normalized spacial score (nSPS) is 15.9. The van der Waals surface area contributed by atoms with E-state index in [0.717, 1.165) is 18.2 Å². The van der Waals surface area contributed by atoms with Gasteiger partial charge >= 0.3 is 6.36 Å². The average molecular weight is 489 g/mol. The summed E-state index contributed by atoms with van der Waals surface area (Å²) in [4.78, 5) is 17.2. The molecule has 6 nitrogen and oxygen atoms in total. The number of amides is 1. The van der Waals surface area contributed by atoms with E-state index in [9.17, 15) is 18.0 Å². The van der Waals surface area contributed by atoms with Gasteiger partial charge in [0.25, 0.3) is 0 Å². The number of anilines is 1. The standard InChI is InChI=1S/C23H32ClF3N4O2/c1-7-11-18(20(12-16(24)9-3)33-23(25,26)27)28-17(10-4)15(6)22(32)29-21-13-19(30-31-21)14(5)8-2/h9-10,12-15H,7-8,11H2,1-6H3,(H2,29,30,31,32)/b16-9+,17-10-,20-12+,28-18-. The minimum Gasteiger partial charge on any atom is -0.404 e. The van der Waals surface area contributed by atoms with E-state index < -0.39 is 23.9 Å². The summed E-state index contributed by atoms with van der Waals surface area (Å²) in [5, 5.41) is 9.80. The molecule has 0 aliphatic rings. The van der Waals surface area contributed by atoms with Crippen molar-refractivity contribution in [2.24, 2.45) is 10.9 Å². The van der Waals surface area contributed by atoms with Crippen LogP contribution in [0.1, 0.15) is 72.4 Å². The third-order valence-corrected chi connectivity index (χ3v) is 5.26. The van der Waals surface area contributed by atoms with Crippen LogP contribution >= 0.6 is 11.6 Å². The summed E-state index contributed by atoms with van der Waals surface area (Å²) in [5.41, 5.74) is 1.23. The molecule has 2 atom stereocenters. The molecule has 0 spiro atoms. The second kappa shape index (κ2) is 13.2. The third kappa shape index (κ3) is 9.45. The van der Waals surface area contributed by atoms with Gasteiger partial charge in [0.2, 0.25) is 5.91 Å². The van der Waals surface area contributed by atoms with Gasteiger partial charge in [-0.1, -0.05) is 50.9 Å². The van der Waals surface area contributed by atoms with E-state index in [-0.39, 0.29) is 23.1 Å². The molecule has 0 bridgehead atoms. The van der Waals surface area contributed by atoms with E-state index in [0.29, 0.717) is 17.9 Å². The van der Waals surface area contributed by atoms with Crippen LogP contribution in [-0.4, -0.2) is 28.2 Å². The summed E-state index contributed by atoms with van der Waals surface area (Å²) < 4.78 is 43.3.